The lowest BCUT2D eigenvalue weighted by Crippen LogP contribution is -2.09. The highest BCUT2D eigenvalue weighted by molar-refractivity contribution is 6.67. The van der Waals surface area contributed by atoms with Crippen LogP contribution in [0, 0.1) is 0 Å². The van der Waals surface area contributed by atoms with Crippen molar-refractivity contribution in [2.45, 2.75) is 96.5 Å². The predicted molar refractivity (Wildman–Crippen MR) is 108 cm³/mol. The highest BCUT2D eigenvalue weighted by atomic mass is 35.5. The van der Waals surface area contributed by atoms with E-state index in [9.17, 15) is 9.90 Å². The van der Waals surface area contributed by atoms with Crippen LogP contribution in [0.1, 0.15) is 106 Å². The molecular weight excluding hydrogens is 332 g/mol. The Hall–Kier alpha value is -0.860. The highest BCUT2D eigenvalue weighted by Gasteiger charge is 2.18. The molecule has 0 saturated heterocycles. The number of rotatable bonds is 14. The molecule has 2 unspecified atom stereocenters. The predicted octanol–water partition coefficient (Wildman–Crippen LogP) is 6.84. The Balaban J connectivity index is 2.53. The molecule has 0 aliphatic rings. The van der Waals surface area contributed by atoms with Crippen molar-refractivity contribution in [1.29, 1.82) is 0 Å². The maximum Gasteiger partial charge on any atom is 0.252 e. The van der Waals surface area contributed by atoms with E-state index in [-0.39, 0.29) is 11.3 Å². The van der Waals surface area contributed by atoms with Crippen molar-refractivity contribution >= 4 is 16.8 Å². The quantitative estimate of drug-likeness (QED) is 0.289. The molecule has 1 aromatic carbocycles. The molecule has 0 aromatic heterocycles. The largest absolute Gasteiger partial charge is 0.393 e. The van der Waals surface area contributed by atoms with Crippen molar-refractivity contribution in [1.82, 2.24) is 0 Å². The summed E-state index contributed by atoms with van der Waals surface area (Å²) in [6.07, 6.45) is 12.8. The molecule has 1 N–H and O–H groups in total. The maximum atomic E-state index is 11.7. The van der Waals surface area contributed by atoms with Crippen LogP contribution in [0.15, 0.2) is 24.3 Å². The Morgan fingerprint density at radius 3 is 2.16 bits per heavy atom. The van der Waals surface area contributed by atoms with Gasteiger partial charge in [0, 0.05) is 5.56 Å². The van der Waals surface area contributed by atoms with E-state index in [0.717, 1.165) is 24.8 Å². The fourth-order valence-corrected chi connectivity index (χ4v) is 3.63. The minimum atomic E-state index is -0.381. The van der Waals surface area contributed by atoms with Gasteiger partial charge < -0.3 is 5.11 Å². The monoisotopic (exact) mass is 366 g/mol. The van der Waals surface area contributed by atoms with E-state index in [0.29, 0.717) is 11.5 Å². The van der Waals surface area contributed by atoms with Crippen molar-refractivity contribution in [2.75, 3.05) is 0 Å². The van der Waals surface area contributed by atoms with E-state index in [1.165, 1.54) is 51.4 Å². The summed E-state index contributed by atoms with van der Waals surface area (Å²) in [5.74, 6) is 0.300. The molecule has 0 fully saturated rings. The second-order valence-corrected chi connectivity index (χ2v) is 7.59. The van der Waals surface area contributed by atoms with E-state index in [1.54, 1.807) is 0 Å². The zero-order chi connectivity index (χ0) is 18.5. The zero-order valence-electron chi connectivity index (χ0n) is 16.0. The molecule has 0 aliphatic carbocycles. The first-order chi connectivity index (χ1) is 12.1. The van der Waals surface area contributed by atoms with E-state index < -0.39 is 0 Å². The van der Waals surface area contributed by atoms with Crippen LogP contribution < -0.4 is 0 Å². The summed E-state index contributed by atoms with van der Waals surface area (Å²) >= 11 is 5.77. The Morgan fingerprint density at radius 1 is 0.960 bits per heavy atom. The summed E-state index contributed by atoms with van der Waals surface area (Å²) in [6, 6.07) is 7.67. The van der Waals surface area contributed by atoms with Crippen molar-refractivity contribution in [2.24, 2.45) is 0 Å². The van der Waals surface area contributed by atoms with Crippen molar-refractivity contribution in [3.05, 3.63) is 35.4 Å². The molecule has 3 heteroatoms. The van der Waals surface area contributed by atoms with Gasteiger partial charge in [-0.3, -0.25) is 4.79 Å². The van der Waals surface area contributed by atoms with Crippen LogP contribution in [0.2, 0.25) is 0 Å². The maximum absolute atomic E-state index is 11.7. The van der Waals surface area contributed by atoms with Crippen LogP contribution in [-0.2, 0) is 0 Å². The summed E-state index contributed by atoms with van der Waals surface area (Å²) in [6.45, 7) is 4.07. The van der Waals surface area contributed by atoms with Gasteiger partial charge in [0.25, 0.3) is 5.24 Å². The average Bonchev–Trinajstić information content (AvgIpc) is 2.59. The summed E-state index contributed by atoms with van der Waals surface area (Å²) in [5.41, 5.74) is 1.67. The van der Waals surface area contributed by atoms with Gasteiger partial charge in [-0.15, -0.1) is 0 Å². The van der Waals surface area contributed by atoms with Gasteiger partial charge in [0.15, 0.2) is 0 Å². The minimum Gasteiger partial charge on any atom is -0.393 e. The number of benzene rings is 1. The number of unbranched alkanes of at least 4 members (excludes halogenated alkanes) is 7. The third-order valence-corrected chi connectivity index (χ3v) is 5.16. The highest BCUT2D eigenvalue weighted by Crippen LogP contribution is 2.31. The van der Waals surface area contributed by atoms with Gasteiger partial charge in [-0.1, -0.05) is 76.5 Å². The van der Waals surface area contributed by atoms with E-state index >= 15 is 0 Å². The fraction of sp³-hybridized carbons (Fsp3) is 0.682. The van der Waals surface area contributed by atoms with Gasteiger partial charge in [-0.2, -0.15) is 0 Å². The molecule has 0 heterocycles. The number of hydrogen-bond donors (Lipinski definition) is 1. The molecule has 1 rings (SSSR count). The average molecular weight is 367 g/mol. The molecule has 0 amide bonds. The Morgan fingerprint density at radius 2 is 1.56 bits per heavy atom. The number of carbonyl (C=O) groups excluding carboxylic acids is 1. The van der Waals surface area contributed by atoms with E-state index in [4.69, 9.17) is 11.6 Å². The van der Waals surface area contributed by atoms with Gasteiger partial charge in [-0.05, 0) is 55.3 Å². The summed E-state index contributed by atoms with van der Waals surface area (Å²) in [7, 11) is 0. The number of halogens is 1. The van der Waals surface area contributed by atoms with Crippen molar-refractivity contribution in [3.8, 4) is 0 Å². The van der Waals surface area contributed by atoms with Gasteiger partial charge in [0.05, 0.1) is 6.10 Å². The lowest BCUT2D eigenvalue weighted by molar-refractivity contribution is 0.108. The number of carbonyl (C=O) groups is 1. The van der Waals surface area contributed by atoms with Crippen LogP contribution >= 0.6 is 11.6 Å². The topological polar surface area (TPSA) is 37.3 Å². The normalized spacial score (nSPS) is 13.6. The second-order valence-electron chi connectivity index (χ2n) is 7.25. The molecule has 2 nitrogen and oxygen atoms in total. The SMILES string of the molecule is CCCCCCCCCCC(CCC(C)O)c1ccccc1C(=O)Cl. The first kappa shape index (κ1) is 22.2. The van der Waals surface area contributed by atoms with Crippen LogP contribution in [0.3, 0.4) is 0 Å². The molecule has 0 bridgehead atoms. The smallest absolute Gasteiger partial charge is 0.252 e. The molecular formula is C22H35ClO2. The molecule has 0 aliphatic heterocycles. The molecule has 1 aromatic rings. The van der Waals surface area contributed by atoms with Gasteiger partial charge in [0.1, 0.15) is 0 Å². The summed E-state index contributed by atoms with van der Waals surface area (Å²) in [4.78, 5) is 11.7. The Labute approximate surface area is 159 Å². The van der Waals surface area contributed by atoms with Gasteiger partial charge in [-0.25, -0.2) is 0 Å². The lowest BCUT2D eigenvalue weighted by atomic mass is 9.86. The number of aliphatic hydroxyl groups excluding tert-OH is 1. The second kappa shape index (κ2) is 13.4. The fourth-order valence-electron chi connectivity index (χ4n) is 3.45. The molecule has 142 valence electrons. The zero-order valence-corrected chi connectivity index (χ0v) is 16.7. The van der Waals surface area contributed by atoms with Crippen LogP contribution in [0.5, 0.6) is 0 Å². The third-order valence-electron chi connectivity index (χ3n) is 4.95. The molecule has 0 saturated carbocycles. The standard InChI is InChI=1S/C22H35ClO2/c1-3-4-5-6-7-8-9-10-13-19(17-16-18(2)24)20-14-11-12-15-21(20)22(23)25/h11-12,14-15,18-19,24H,3-10,13,16-17H2,1-2H3. The van der Waals surface area contributed by atoms with Gasteiger partial charge in [0.2, 0.25) is 0 Å². The van der Waals surface area contributed by atoms with Crippen LogP contribution in [0.4, 0.5) is 0 Å². The summed E-state index contributed by atoms with van der Waals surface area (Å²) < 4.78 is 0. The molecule has 0 radical (unpaired) electrons. The third kappa shape index (κ3) is 9.42. The first-order valence-corrected chi connectivity index (χ1v) is 10.4. The van der Waals surface area contributed by atoms with E-state index in [1.807, 2.05) is 31.2 Å². The van der Waals surface area contributed by atoms with Crippen LogP contribution in [0.25, 0.3) is 0 Å². The molecule has 0 spiro atoms. The number of aliphatic hydroxyl groups is 1. The molecule has 2 atom stereocenters. The number of hydrogen-bond acceptors (Lipinski definition) is 2. The van der Waals surface area contributed by atoms with Gasteiger partial charge >= 0.3 is 0 Å². The molecule has 25 heavy (non-hydrogen) atoms. The van der Waals surface area contributed by atoms with Crippen molar-refractivity contribution < 1.29 is 9.90 Å². The van der Waals surface area contributed by atoms with Crippen molar-refractivity contribution in [3.63, 3.8) is 0 Å². The minimum absolute atomic E-state index is 0.300. The summed E-state index contributed by atoms with van der Waals surface area (Å²) in [5, 5.41) is 9.27. The van der Waals surface area contributed by atoms with Crippen LogP contribution in [-0.4, -0.2) is 16.5 Å². The Bertz CT molecular complexity index is 485. The Kier molecular flexibility index (Phi) is 11.9. The first-order valence-electron chi connectivity index (χ1n) is 10.0. The lowest BCUT2D eigenvalue weighted by Gasteiger charge is -2.20. The van der Waals surface area contributed by atoms with E-state index in [2.05, 4.69) is 6.92 Å².